The van der Waals surface area contributed by atoms with Gasteiger partial charge in [0, 0.05) is 6.42 Å². The van der Waals surface area contributed by atoms with E-state index >= 15 is 0 Å². The lowest BCUT2D eigenvalue weighted by atomic mass is 9.97. The first-order chi connectivity index (χ1) is 16.1. The van der Waals surface area contributed by atoms with Crippen LogP contribution in [0, 0.1) is 6.92 Å². The lowest BCUT2D eigenvalue weighted by Gasteiger charge is -2.23. The zero-order valence-corrected chi connectivity index (χ0v) is 19.3. The molecule has 1 fully saturated rings. The summed E-state index contributed by atoms with van der Waals surface area (Å²) >= 11 is 0. The van der Waals surface area contributed by atoms with Crippen LogP contribution in [0.5, 0.6) is 11.5 Å². The Morgan fingerprint density at radius 1 is 0.909 bits per heavy atom. The van der Waals surface area contributed by atoms with Crippen LogP contribution in [0.4, 0.5) is 0 Å². The highest BCUT2D eigenvalue weighted by Crippen LogP contribution is 2.30. The molecule has 1 aliphatic carbocycles. The molecule has 0 atom stereocenters. The fraction of sp³-hybridized carbons (Fsp3) is 0.345. The van der Waals surface area contributed by atoms with Gasteiger partial charge in [0.25, 0.3) is 0 Å². The quantitative estimate of drug-likeness (QED) is 0.387. The fourth-order valence-electron chi connectivity index (χ4n) is 4.41. The van der Waals surface area contributed by atoms with Crippen molar-refractivity contribution in [2.75, 3.05) is 0 Å². The number of benzene rings is 3. The minimum absolute atomic E-state index is 0.139. The van der Waals surface area contributed by atoms with E-state index in [4.69, 9.17) is 14.6 Å². The van der Waals surface area contributed by atoms with Gasteiger partial charge in [-0.1, -0.05) is 42.8 Å². The van der Waals surface area contributed by atoms with Crippen LogP contribution >= 0.6 is 0 Å². The van der Waals surface area contributed by atoms with Crippen LogP contribution in [0.1, 0.15) is 55.2 Å². The molecule has 0 aromatic heterocycles. The van der Waals surface area contributed by atoms with Gasteiger partial charge in [0.1, 0.15) is 18.1 Å². The Morgan fingerprint density at radius 3 is 2.39 bits per heavy atom. The lowest BCUT2D eigenvalue weighted by Crippen LogP contribution is -2.19. The number of ether oxygens (including phenoxy) is 2. The van der Waals surface area contributed by atoms with Gasteiger partial charge in [-0.05, 0) is 97.2 Å². The fourth-order valence-corrected chi connectivity index (χ4v) is 4.41. The number of rotatable bonds is 9. The molecule has 1 N–H and O–H groups in total. The Hall–Kier alpha value is -3.27. The van der Waals surface area contributed by atoms with Crippen molar-refractivity contribution in [1.82, 2.24) is 0 Å². The summed E-state index contributed by atoms with van der Waals surface area (Å²) in [4.78, 5) is 10.7. The van der Waals surface area contributed by atoms with Crippen LogP contribution in [0.2, 0.25) is 0 Å². The van der Waals surface area contributed by atoms with Crippen LogP contribution < -0.4 is 9.47 Å². The van der Waals surface area contributed by atoms with E-state index in [1.807, 2.05) is 24.3 Å². The molecule has 0 unspecified atom stereocenters. The van der Waals surface area contributed by atoms with Gasteiger partial charge in [0.15, 0.2) is 0 Å². The van der Waals surface area contributed by atoms with E-state index in [2.05, 4.69) is 49.4 Å². The zero-order valence-electron chi connectivity index (χ0n) is 19.3. The molecule has 4 heteroatoms. The molecular weight excluding hydrogens is 412 g/mol. The highest BCUT2D eigenvalue weighted by Gasteiger charge is 2.15. The van der Waals surface area contributed by atoms with Crippen molar-refractivity contribution in [3.05, 3.63) is 83.4 Å². The summed E-state index contributed by atoms with van der Waals surface area (Å²) in [6.07, 6.45) is 7.21. The highest BCUT2D eigenvalue weighted by atomic mass is 16.5. The van der Waals surface area contributed by atoms with Crippen molar-refractivity contribution >= 4 is 5.97 Å². The molecule has 0 spiro atoms. The highest BCUT2D eigenvalue weighted by molar-refractivity contribution is 5.69. The Morgan fingerprint density at radius 2 is 1.67 bits per heavy atom. The molecule has 0 aliphatic heterocycles. The van der Waals surface area contributed by atoms with Crippen molar-refractivity contribution in [3.8, 4) is 22.6 Å². The van der Waals surface area contributed by atoms with E-state index in [9.17, 15) is 4.79 Å². The molecule has 1 aliphatic rings. The van der Waals surface area contributed by atoms with E-state index in [0.717, 1.165) is 35.5 Å². The maximum atomic E-state index is 10.7. The van der Waals surface area contributed by atoms with E-state index in [1.165, 1.54) is 36.0 Å². The molecule has 4 nitrogen and oxygen atoms in total. The first-order valence-electron chi connectivity index (χ1n) is 11.9. The minimum Gasteiger partial charge on any atom is -0.490 e. The van der Waals surface area contributed by atoms with E-state index < -0.39 is 5.97 Å². The van der Waals surface area contributed by atoms with Crippen LogP contribution in [0.25, 0.3) is 11.1 Å². The summed E-state index contributed by atoms with van der Waals surface area (Å²) in [5.41, 5.74) is 5.68. The third-order valence-electron chi connectivity index (χ3n) is 6.25. The van der Waals surface area contributed by atoms with Crippen molar-refractivity contribution in [3.63, 3.8) is 0 Å². The number of carboxylic acids is 1. The molecule has 1 saturated carbocycles. The second-order valence-electron chi connectivity index (χ2n) is 8.88. The average Bonchev–Trinajstić information content (AvgIpc) is 2.83. The average molecular weight is 445 g/mol. The normalized spacial score (nSPS) is 14.1. The number of aryl methyl sites for hydroxylation is 2. The van der Waals surface area contributed by atoms with Crippen LogP contribution in [0.15, 0.2) is 66.7 Å². The van der Waals surface area contributed by atoms with Gasteiger partial charge in [-0.2, -0.15) is 0 Å². The molecule has 4 rings (SSSR count). The maximum absolute atomic E-state index is 10.7. The van der Waals surface area contributed by atoms with Gasteiger partial charge in [0.05, 0.1) is 6.10 Å². The van der Waals surface area contributed by atoms with Gasteiger partial charge in [-0.3, -0.25) is 4.79 Å². The van der Waals surface area contributed by atoms with Crippen molar-refractivity contribution in [2.45, 2.75) is 64.6 Å². The SMILES string of the molecule is Cc1cc(OC2CCCCC2)ccc1-c1cccc(COc2ccc(CCC(=O)O)cc2)c1. The van der Waals surface area contributed by atoms with Gasteiger partial charge in [-0.25, -0.2) is 0 Å². The molecular formula is C29H32O4. The first-order valence-corrected chi connectivity index (χ1v) is 11.9. The van der Waals surface area contributed by atoms with Gasteiger partial charge >= 0.3 is 5.97 Å². The first kappa shape index (κ1) is 22.9. The minimum atomic E-state index is -0.781. The topological polar surface area (TPSA) is 55.8 Å². The molecule has 172 valence electrons. The van der Waals surface area contributed by atoms with Gasteiger partial charge in [-0.15, -0.1) is 0 Å². The van der Waals surface area contributed by atoms with Crippen LogP contribution in [0.3, 0.4) is 0 Å². The smallest absolute Gasteiger partial charge is 0.303 e. The Kier molecular flexibility index (Phi) is 7.66. The third kappa shape index (κ3) is 6.61. The van der Waals surface area contributed by atoms with Crippen LogP contribution in [-0.2, 0) is 17.8 Å². The molecule has 0 bridgehead atoms. The summed E-state index contributed by atoms with van der Waals surface area (Å²) < 4.78 is 12.2. The number of hydrogen-bond acceptors (Lipinski definition) is 3. The van der Waals surface area contributed by atoms with E-state index in [1.54, 1.807) is 0 Å². The molecule has 3 aromatic rings. The summed E-state index contributed by atoms with van der Waals surface area (Å²) in [6.45, 7) is 2.61. The second kappa shape index (κ2) is 11.0. The molecule has 3 aromatic carbocycles. The van der Waals surface area contributed by atoms with E-state index in [0.29, 0.717) is 19.1 Å². The molecule has 0 radical (unpaired) electrons. The standard InChI is InChI=1S/C29H32O4/c1-21-18-27(33-26-8-3-2-4-9-26)15-16-28(21)24-7-5-6-23(19-24)20-32-25-13-10-22(11-14-25)12-17-29(30)31/h5-7,10-11,13-16,18-19,26H,2-4,8-9,12,17,20H2,1H3,(H,30,31). The molecule has 33 heavy (non-hydrogen) atoms. The molecule has 0 heterocycles. The van der Waals surface area contributed by atoms with Crippen LogP contribution in [-0.4, -0.2) is 17.2 Å². The predicted octanol–water partition coefficient (Wildman–Crippen LogP) is 6.97. The van der Waals surface area contributed by atoms with Crippen molar-refractivity contribution in [1.29, 1.82) is 0 Å². The maximum Gasteiger partial charge on any atom is 0.303 e. The Labute approximate surface area is 196 Å². The predicted molar refractivity (Wildman–Crippen MR) is 131 cm³/mol. The molecule has 0 amide bonds. The largest absolute Gasteiger partial charge is 0.490 e. The number of aliphatic carboxylic acids is 1. The van der Waals surface area contributed by atoms with Gasteiger partial charge < -0.3 is 14.6 Å². The number of carbonyl (C=O) groups is 1. The number of hydrogen-bond donors (Lipinski definition) is 1. The third-order valence-corrected chi connectivity index (χ3v) is 6.25. The zero-order chi connectivity index (χ0) is 23.0. The monoisotopic (exact) mass is 444 g/mol. The summed E-state index contributed by atoms with van der Waals surface area (Å²) in [6, 6.07) is 22.5. The van der Waals surface area contributed by atoms with E-state index in [-0.39, 0.29) is 6.42 Å². The van der Waals surface area contributed by atoms with Crippen molar-refractivity contribution in [2.24, 2.45) is 0 Å². The summed E-state index contributed by atoms with van der Waals surface area (Å²) in [7, 11) is 0. The lowest BCUT2D eigenvalue weighted by molar-refractivity contribution is -0.136. The second-order valence-corrected chi connectivity index (χ2v) is 8.88. The summed E-state index contributed by atoms with van der Waals surface area (Å²) in [5.74, 6) is 0.964. The number of carboxylic acid groups (broad SMARTS) is 1. The van der Waals surface area contributed by atoms with Gasteiger partial charge in [0.2, 0.25) is 0 Å². The Balaban J connectivity index is 1.37. The Bertz CT molecular complexity index is 1070. The van der Waals surface area contributed by atoms with Crippen molar-refractivity contribution < 1.29 is 19.4 Å². The molecule has 0 saturated heterocycles. The summed E-state index contributed by atoms with van der Waals surface area (Å²) in [5, 5.41) is 8.81.